The molecule has 0 aromatic heterocycles. The maximum absolute atomic E-state index is 11.0. The van der Waals surface area contributed by atoms with Crippen molar-refractivity contribution < 1.29 is 19.1 Å². The molecule has 0 atom stereocenters. The van der Waals surface area contributed by atoms with Gasteiger partial charge in [0.15, 0.2) is 5.78 Å². The van der Waals surface area contributed by atoms with Crippen molar-refractivity contribution in [2.45, 2.75) is 70.6 Å². The molecule has 0 heterocycles. The molecule has 4 nitrogen and oxygen atoms in total. The highest BCUT2D eigenvalue weighted by Crippen LogP contribution is 2.35. The predicted molar refractivity (Wildman–Crippen MR) is 82.9 cm³/mol. The van der Waals surface area contributed by atoms with Crippen LogP contribution in [0.1, 0.15) is 70.6 Å². The van der Waals surface area contributed by atoms with Gasteiger partial charge in [-0.3, -0.25) is 9.36 Å². The lowest BCUT2D eigenvalue weighted by Gasteiger charge is -2.04. The average molecular weight is 304 g/mol. The second-order valence-corrected chi connectivity index (χ2v) is 7.12. The summed E-state index contributed by atoms with van der Waals surface area (Å²) in [6.45, 7) is 3.45. The molecule has 5 heteroatoms. The fourth-order valence-electron chi connectivity index (χ4n) is 2.13. The number of unbranched alkanes of at least 4 members (excludes halogenated alkanes) is 9. The zero-order valence-corrected chi connectivity index (χ0v) is 13.3. The Bertz CT molecular complexity index is 309. The maximum atomic E-state index is 11.0. The van der Waals surface area contributed by atoms with Crippen molar-refractivity contribution in [3.63, 3.8) is 0 Å². The molecular weight excluding hydrogens is 275 g/mol. The molecule has 118 valence electrons. The molecule has 0 unspecified atom stereocenters. The van der Waals surface area contributed by atoms with E-state index in [-0.39, 0.29) is 11.9 Å². The minimum absolute atomic E-state index is 0.0242. The summed E-state index contributed by atoms with van der Waals surface area (Å²) >= 11 is 0. The van der Waals surface area contributed by atoms with Crippen molar-refractivity contribution >= 4 is 13.4 Å². The first-order valence-electron chi connectivity index (χ1n) is 7.65. The van der Waals surface area contributed by atoms with Gasteiger partial charge in [0.2, 0.25) is 0 Å². The number of hydrogen-bond donors (Lipinski definition) is 2. The smallest absolute Gasteiger partial charge is 0.324 e. The van der Waals surface area contributed by atoms with E-state index in [9.17, 15) is 9.36 Å². The number of hydrogen-bond acceptors (Lipinski definition) is 2. The first-order chi connectivity index (χ1) is 9.45. The largest absolute Gasteiger partial charge is 0.325 e. The van der Waals surface area contributed by atoms with Crippen molar-refractivity contribution in [1.82, 2.24) is 0 Å². The molecule has 0 spiro atoms. The van der Waals surface area contributed by atoms with Gasteiger partial charge in [-0.25, -0.2) is 0 Å². The maximum Gasteiger partial charge on any atom is 0.325 e. The normalized spacial score (nSPS) is 11.5. The number of carbonyl (C=O) groups excluding carboxylic acids is 1. The Labute approximate surface area is 122 Å². The van der Waals surface area contributed by atoms with Crippen molar-refractivity contribution in [3.05, 3.63) is 12.7 Å². The molecule has 0 aromatic rings. The van der Waals surface area contributed by atoms with E-state index in [2.05, 4.69) is 6.58 Å². The summed E-state index contributed by atoms with van der Waals surface area (Å²) in [5.74, 6) is 0.139. The van der Waals surface area contributed by atoms with E-state index in [1.165, 1.54) is 31.8 Å². The van der Waals surface area contributed by atoms with Crippen molar-refractivity contribution in [1.29, 1.82) is 0 Å². The van der Waals surface area contributed by atoms with Crippen LogP contribution in [0.25, 0.3) is 0 Å². The van der Waals surface area contributed by atoms with Crippen molar-refractivity contribution in [2.24, 2.45) is 0 Å². The number of allylic oxidation sites excluding steroid dienone is 1. The Morgan fingerprint density at radius 2 is 1.25 bits per heavy atom. The Morgan fingerprint density at radius 3 is 1.65 bits per heavy atom. The molecular formula is C15H29O4P. The van der Waals surface area contributed by atoms with Crippen molar-refractivity contribution in [3.8, 4) is 0 Å². The molecule has 2 N–H and O–H groups in total. The van der Waals surface area contributed by atoms with Crippen LogP contribution >= 0.6 is 7.60 Å². The van der Waals surface area contributed by atoms with E-state index in [1.807, 2.05) is 0 Å². The van der Waals surface area contributed by atoms with E-state index < -0.39 is 7.60 Å². The van der Waals surface area contributed by atoms with E-state index in [0.717, 1.165) is 32.1 Å². The van der Waals surface area contributed by atoms with Crippen LogP contribution in [0.5, 0.6) is 0 Å². The summed E-state index contributed by atoms with van der Waals surface area (Å²) in [4.78, 5) is 28.4. The van der Waals surface area contributed by atoms with Crippen LogP contribution in [0.3, 0.4) is 0 Å². The lowest BCUT2D eigenvalue weighted by molar-refractivity contribution is -0.114. The molecule has 20 heavy (non-hydrogen) atoms. The highest BCUT2D eigenvalue weighted by Gasteiger charge is 2.10. The third kappa shape index (κ3) is 15.6. The van der Waals surface area contributed by atoms with Crippen LogP contribution in [-0.4, -0.2) is 21.7 Å². The minimum atomic E-state index is -3.78. The van der Waals surface area contributed by atoms with E-state index in [1.54, 1.807) is 0 Å². The zero-order valence-electron chi connectivity index (χ0n) is 12.4. The Kier molecular flexibility index (Phi) is 12.0. The average Bonchev–Trinajstić information content (AvgIpc) is 2.38. The molecule has 0 saturated carbocycles. The second-order valence-electron chi connectivity index (χ2n) is 5.34. The van der Waals surface area contributed by atoms with Crippen LogP contribution in [0.15, 0.2) is 12.7 Å². The topological polar surface area (TPSA) is 74.6 Å². The monoisotopic (exact) mass is 304 g/mol. The van der Waals surface area contributed by atoms with Crippen LogP contribution < -0.4 is 0 Å². The zero-order chi connectivity index (χ0) is 15.3. The second kappa shape index (κ2) is 12.3. The molecule has 0 radical (unpaired) electrons. The lowest BCUT2D eigenvalue weighted by Crippen LogP contribution is -1.91. The molecule has 0 fully saturated rings. The predicted octanol–water partition coefficient (Wildman–Crippen LogP) is 4.21. The summed E-state index contributed by atoms with van der Waals surface area (Å²) in [5.41, 5.74) is 0. The Balaban J connectivity index is 3.12. The number of rotatable bonds is 14. The molecule has 0 aliphatic heterocycles. The molecule has 0 amide bonds. The Morgan fingerprint density at radius 1 is 0.850 bits per heavy atom. The van der Waals surface area contributed by atoms with Crippen LogP contribution in [0, 0.1) is 0 Å². The van der Waals surface area contributed by atoms with Gasteiger partial charge in [-0.15, -0.1) is 0 Å². The number of carbonyl (C=O) groups is 1. The van der Waals surface area contributed by atoms with Gasteiger partial charge in [0, 0.05) is 12.6 Å². The summed E-state index contributed by atoms with van der Waals surface area (Å²) in [5, 5.41) is 0. The molecule has 0 rings (SSSR count). The van der Waals surface area contributed by atoms with Crippen LogP contribution in [0.2, 0.25) is 0 Å². The van der Waals surface area contributed by atoms with Gasteiger partial charge in [0.25, 0.3) is 0 Å². The van der Waals surface area contributed by atoms with Crippen molar-refractivity contribution in [2.75, 3.05) is 6.16 Å². The van der Waals surface area contributed by atoms with Gasteiger partial charge in [-0.1, -0.05) is 57.9 Å². The summed E-state index contributed by atoms with van der Waals surface area (Å²) in [7, 11) is -3.78. The highest BCUT2D eigenvalue weighted by atomic mass is 31.2. The summed E-state index contributed by atoms with van der Waals surface area (Å²) < 4.78 is 10.6. The van der Waals surface area contributed by atoms with Crippen LogP contribution in [-0.2, 0) is 9.36 Å². The van der Waals surface area contributed by atoms with E-state index in [4.69, 9.17) is 9.79 Å². The molecule has 0 aliphatic rings. The molecule has 0 aliphatic carbocycles. The third-order valence-electron chi connectivity index (χ3n) is 3.35. The Hall–Kier alpha value is -0.440. The molecule has 0 aromatic carbocycles. The molecule has 0 saturated heterocycles. The first kappa shape index (κ1) is 19.6. The third-order valence-corrected chi connectivity index (χ3v) is 4.25. The quantitative estimate of drug-likeness (QED) is 0.286. The van der Waals surface area contributed by atoms with E-state index >= 15 is 0 Å². The van der Waals surface area contributed by atoms with Gasteiger partial charge in [-0.2, -0.15) is 0 Å². The first-order valence-corrected chi connectivity index (χ1v) is 9.45. The summed E-state index contributed by atoms with van der Waals surface area (Å²) in [6.07, 6.45) is 12.7. The fraction of sp³-hybridized carbons (Fsp3) is 0.800. The van der Waals surface area contributed by atoms with Gasteiger partial charge in [-0.05, 0) is 18.9 Å². The number of ketones is 1. The van der Waals surface area contributed by atoms with Gasteiger partial charge >= 0.3 is 7.60 Å². The SMILES string of the molecule is C=CC(=O)CCCCCCCCCCCCP(=O)(O)O. The fourth-order valence-corrected chi connectivity index (χ4v) is 2.77. The standard InChI is InChI=1S/C15H29O4P/c1-2-15(16)13-11-9-7-5-3-4-6-8-10-12-14-20(17,18)19/h2H,1,3-14H2,(H2,17,18,19). The van der Waals surface area contributed by atoms with Gasteiger partial charge < -0.3 is 9.79 Å². The van der Waals surface area contributed by atoms with Crippen LogP contribution in [0.4, 0.5) is 0 Å². The molecule has 0 bridgehead atoms. The highest BCUT2D eigenvalue weighted by molar-refractivity contribution is 7.51. The lowest BCUT2D eigenvalue weighted by atomic mass is 10.1. The van der Waals surface area contributed by atoms with Gasteiger partial charge in [0.1, 0.15) is 0 Å². The van der Waals surface area contributed by atoms with E-state index in [0.29, 0.717) is 12.8 Å². The minimum Gasteiger partial charge on any atom is -0.324 e. The summed E-state index contributed by atoms with van der Waals surface area (Å²) in [6, 6.07) is 0. The van der Waals surface area contributed by atoms with Gasteiger partial charge in [0.05, 0.1) is 0 Å².